The second-order valence-electron chi connectivity index (χ2n) is 5.35. The van der Waals surface area contributed by atoms with E-state index in [1.165, 1.54) is 6.42 Å². The first-order valence-corrected chi connectivity index (χ1v) is 8.46. The van der Waals surface area contributed by atoms with E-state index in [-0.39, 0.29) is 11.9 Å². The summed E-state index contributed by atoms with van der Waals surface area (Å²) in [6, 6.07) is 5.54. The smallest absolute Gasteiger partial charge is 0.224 e. The van der Waals surface area contributed by atoms with E-state index in [9.17, 15) is 4.79 Å². The highest BCUT2D eigenvalue weighted by molar-refractivity contribution is 9.10. The van der Waals surface area contributed by atoms with Crippen LogP contribution in [-0.2, 0) is 4.79 Å². The number of nitrogens with two attached hydrogens (primary N) is 1. The number of hydrogen-bond donors (Lipinski definition) is 2. The highest BCUT2D eigenvalue weighted by Gasteiger charge is 2.20. The van der Waals surface area contributed by atoms with Gasteiger partial charge in [-0.1, -0.05) is 11.6 Å². The number of nitrogens with one attached hydrogen (secondary N) is 1. The van der Waals surface area contributed by atoms with Crippen LogP contribution in [0.3, 0.4) is 0 Å². The van der Waals surface area contributed by atoms with Crippen molar-refractivity contribution in [2.45, 2.75) is 31.7 Å². The Hall–Kier alpha value is -0.780. The first-order chi connectivity index (χ1) is 10.1. The van der Waals surface area contributed by atoms with E-state index in [1.807, 2.05) is 23.1 Å². The Balaban J connectivity index is 1.92. The van der Waals surface area contributed by atoms with E-state index in [0.717, 1.165) is 36.1 Å². The number of carbonyl (C=O) groups is 1. The van der Waals surface area contributed by atoms with Gasteiger partial charge < -0.3 is 16.0 Å². The molecule has 1 aliphatic heterocycles. The molecular formula is C15H21BrClN3O. The van der Waals surface area contributed by atoms with Crippen LogP contribution in [0.2, 0.25) is 5.02 Å². The Morgan fingerprint density at radius 2 is 2.10 bits per heavy atom. The van der Waals surface area contributed by atoms with Crippen LogP contribution in [0.4, 0.5) is 5.69 Å². The molecule has 6 heteroatoms. The van der Waals surface area contributed by atoms with Crippen molar-refractivity contribution in [1.29, 1.82) is 0 Å². The number of hydrogen-bond acceptors (Lipinski definition) is 3. The quantitative estimate of drug-likeness (QED) is 0.832. The molecule has 0 aromatic heterocycles. The molecule has 21 heavy (non-hydrogen) atoms. The fourth-order valence-corrected chi connectivity index (χ4v) is 2.99. The second kappa shape index (κ2) is 8.01. The van der Waals surface area contributed by atoms with E-state index in [2.05, 4.69) is 21.2 Å². The maximum Gasteiger partial charge on any atom is 0.224 e. The Morgan fingerprint density at radius 1 is 1.38 bits per heavy atom. The summed E-state index contributed by atoms with van der Waals surface area (Å²) >= 11 is 9.37. The monoisotopic (exact) mass is 373 g/mol. The minimum Gasteiger partial charge on any atom is -0.380 e. The van der Waals surface area contributed by atoms with Gasteiger partial charge in [-0.15, -0.1) is 0 Å². The van der Waals surface area contributed by atoms with Gasteiger partial charge in [0.1, 0.15) is 0 Å². The first kappa shape index (κ1) is 16.6. The van der Waals surface area contributed by atoms with Crippen LogP contribution in [0.15, 0.2) is 22.7 Å². The number of amides is 1. The van der Waals surface area contributed by atoms with E-state index < -0.39 is 0 Å². The number of benzene rings is 1. The molecule has 1 heterocycles. The number of piperidine rings is 1. The summed E-state index contributed by atoms with van der Waals surface area (Å²) in [5, 5.41) is 3.97. The molecule has 1 atom stereocenters. The van der Waals surface area contributed by atoms with Gasteiger partial charge in [0.25, 0.3) is 0 Å². The molecule has 116 valence electrons. The molecule has 3 N–H and O–H groups in total. The number of carbonyl (C=O) groups excluding carboxylic acids is 1. The Bertz CT molecular complexity index is 492. The Kier molecular flexibility index (Phi) is 6.33. The first-order valence-electron chi connectivity index (χ1n) is 7.29. The summed E-state index contributed by atoms with van der Waals surface area (Å²) in [6.45, 7) is 2.17. The fraction of sp³-hybridized carbons (Fsp3) is 0.533. The Labute approximate surface area is 139 Å². The van der Waals surface area contributed by atoms with E-state index in [0.29, 0.717) is 18.0 Å². The summed E-state index contributed by atoms with van der Waals surface area (Å²) in [5.74, 6) is 0.186. The number of nitrogens with zero attached hydrogens (tertiary/aromatic N) is 1. The lowest BCUT2D eigenvalue weighted by atomic mass is 10.1. The summed E-state index contributed by atoms with van der Waals surface area (Å²) in [4.78, 5) is 14.2. The summed E-state index contributed by atoms with van der Waals surface area (Å²) in [7, 11) is 0. The second-order valence-corrected chi connectivity index (χ2v) is 6.61. The van der Waals surface area contributed by atoms with Crippen LogP contribution in [0.25, 0.3) is 0 Å². The third kappa shape index (κ3) is 4.87. The van der Waals surface area contributed by atoms with Gasteiger partial charge in [0.15, 0.2) is 0 Å². The van der Waals surface area contributed by atoms with Gasteiger partial charge in [0, 0.05) is 42.3 Å². The average Bonchev–Trinajstić information content (AvgIpc) is 2.51. The van der Waals surface area contributed by atoms with E-state index in [4.69, 9.17) is 17.3 Å². The highest BCUT2D eigenvalue weighted by atomic mass is 79.9. The minimum absolute atomic E-state index is 0.0625. The standard InChI is InChI=1S/C15H21BrClN3O/c16-13-8-11(4-5-14(13)17)19-12(10-18)9-15(21)20-6-2-1-3-7-20/h4-5,8,12,19H,1-3,6-7,9-10,18H2. The van der Waals surface area contributed by atoms with Crippen LogP contribution in [0.5, 0.6) is 0 Å². The van der Waals surface area contributed by atoms with Gasteiger partial charge in [-0.3, -0.25) is 4.79 Å². The number of halogens is 2. The number of likely N-dealkylation sites (tertiary alicyclic amines) is 1. The van der Waals surface area contributed by atoms with Crippen LogP contribution in [0, 0.1) is 0 Å². The molecule has 1 aromatic carbocycles. The van der Waals surface area contributed by atoms with Crippen molar-refractivity contribution in [3.63, 3.8) is 0 Å². The lowest BCUT2D eigenvalue weighted by Crippen LogP contribution is -2.40. The van der Waals surface area contributed by atoms with Crippen molar-refractivity contribution in [3.05, 3.63) is 27.7 Å². The fourth-order valence-electron chi connectivity index (χ4n) is 2.50. The molecular weight excluding hydrogens is 354 g/mol. The summed E-state index contributed by atoms with van der Waals surface area (Å²) in [6.07, 6.45) is 3.87. The average molecular weight is 375 g/mol. The normalized spacial score (nSPS) is 16.6. The molecule has 0 spiro atoms. The molecule has 1 amide bonds. The molecule has 4 nitrogen and oxygen atoms in total. The molecule has 0 bridgehead atoms. The molecule has 1 fully saturated rings. The van der Waals surface area contributed by atoms with Crippen LogP contribution in [0.1, 0.15) is 25.7 Å². The van der Waals surface area contributed by atoms with E-state index >= 15 is 0 Å². The van der Waals surface area contributed by atoms with Crippen molar-refractivity contribution in [2.24, 2.45) is 5.73 Å². The molecule has 1 aromatic rings. The van der Waals surface area contributed by atoms with Crippen LogP contribution >= 0.6 is 27.5 Å². The van der Waals surface area contributed by atoms with Gasteiger partial charge in [0.05, 0.1) is 5.02 Å². The van der Waals surface area contributed by atoms with Gasteiger partial charge in [0.2, 0.25) is 5.91 Å². The summed E-state index contributed by atoms with van der Waals surface area (Å²) < 4.78 is 0.826. The van der Waals surface area contributed by atoms with Crippen molar-refractivity contribution < 1.29 is 4.79 Å². The van der Waals surface area contributed by atoms with Crippen molar-refractivity contribution in [1.82, 2.24) is 4.90 Å². The largest absolute Gasteiger partial charge is 0.380 e. The lowest BCUT2D eigenvalue weighted by Gasteiger charge is -2.28. The number of rotatable bonds is 5. The van der Waals surface area contributed by atoms with Gasteiger partial charge in [-0.25, -0.2) is 0 Å². The highest BCUT2D eigenvalue weighted by Crippen LogP contribution is 2.26. The maximum atomic E-state index is 12.3. The van der Waals surface area contributed by atoms with Crippen LogP contribution in [-0.4, -0.2) is 36.5 Å². The predicted octanol–water partition coefficient (Wildman–Crippen LogP) is 3.24. The zero-order chi connectivity index (χ0) is 15.2. The number of anilines is 1. The summed E-state index contributed by atoms with van der Waals surface area (Å²) in [5.41, 5.74) is 6.71. The zero-order valence-corrected chi connectivity index (χ0v) is 14.3. The maximum absolute atomic E-state index is 12.3. The Morgan fingerprint density at radius 3 is 2.71 bits per heavy atom. The minimum atomic E-state index is -0.0625. The van der Waals surface area contributed by atoms with Crippen LogP contribution < -0.4 is 11.1 Å². The third-order valence-corrected chi connectivity index (χ3v) is 4.92. The molecule has 0 saturated carbocycles. The molecule has 1 unspecified atom stereocenters. The molecule has 2 rings (SSSR count). The van der Waals surface area contributed by atoms with Crippen molar-refractivity contribution in [2.75, 3.05) is 25.0 Å². The lowest BCUT2D eigenvalue weighted by molar-refractivity contribution is -0.132. The van der Waals surface area contributed by atoms with Gasteiger partial charge >= 0.3 is 0 Å². The van der Waals surface area contributed by atoms with Gasteiger partial charge in [-0.2, -0.15) is 0 Å². The van der Waals surface area contributed by atoms with Crippen molar-refractivity contribution >= 4 is 39.1 Å². The molecule has 0 radical (unpaired) electrons. The molecule has 1 saturated heterocycles. The molecule has 1 aliphatic rings. The molecule has 0 aliphatic carbocycles. The van der Waals surface area contributed by atoms with E-state index in [1.54, 1.807) is 0 Å². The third-order valence-electron chi connectivity index (χ3n) is 3.70. The zero-order valence-electron chi connectivity index (χ0n) is 11.9. The SMILES string of the molecule is NCC(CC(=O)N1CCCCC1)Nc1ccc(Cl)c(Br)c1. The van der Waals surface area contributed by atoms with Crippen molar-refractivity contribution in [3.8, 4) is 0 Å². The predicted molar refractivity (Wildman–Crippen MR) is 90.7 cm³/mol. The van der Waals surface area contributed by atoms with Gasteiger partial charge in [-0.05, 0) is 53.4 Å². The topological polar surface area (TPSA) is 58.4 Å².